The summed E-state index contributed by atoms with van der Waals surface area (Å²) in [7, 11) is 0. The maximum absolute atomic E-state index is 2.63. The van der Waals surface area contributed by atoms with E-state index in [1.54, 1.807) is 0 Å². The van der Waals surface area contributed by atoms with Crippen LogP contribution in [0.3, 0.4) is 0 Å². The minimum Gasteiger partial charge on any atom is -0.298 e. The summed E-state index contributed by atoms with van der Waals surface area (Å²) in [6.07, 6.45) is 0. The molecule has 0 radical (unpaired) electrons. The molecule has 2 nitrogen and oxygen atoms in total. The second-order valence-corrected chi connectivity index (χ2v) is 5.85. The number of likely N-dealkylation sites (N-methyl/N-ethyl adjacent to an activating group) is 1. The maximum atomic E-state index is 2.63. The monoisotopic (exact) mass is 196 g/mol. The van der Waals surface area contributed by atoms with Gasteiger partial charge in [0.1, 0.15) is 0 Å². The minimum atomic E-state index is 0.450. The quantitative estimate of drug-likeness (QED) is 0.664. The van der Waals surface area contributed by atoms with Crippen LogP contribution in [0.4, 0.5) is 0 Å². The largest absolute Gasteiger partial charge is 0.298 e. The molecule has 0 aromatic carbocycles. The summed E-state index contributed by atoms with van der Waals surface area (Å²) in [5.41, 5.74) is 0.999. The second kappa shape index (κ2) is 2.96. The van der Waals surface area contributed by atoms with E-state index in [4.69, 9.17) is 0 Å². The molecule has 0 bridgehead atoms. The third kappa shape index (κ3) is 1.10. The first-order valence-corrected chi connectivity index (χ1v) is 5.92. The highest BCUT2D eigenvalue weighted by Crippen LogP contribution is 2.52. The zero-order chi connectivity index (χ0) is 10.6. The fraction of sp³-hybridized carbons (Fsp3) is 1.00. The van der Waals surface area contributed by atoms with E-state index < -0.39 is 0 Å². The van der Waals surface area contributed by atoms with Crippen LogP contribution in [0.25, 0.3) is 0 Å². The van der Waals surface area contributed by atoms with Gasteiger partial charge in [-0.1, -0.05) is 13.8 Å². The summed E-state index contributed by atoms with van der Waals surface area (Å²) in [6.45, 7) is 16.9. The summed E-state index contributed by atoms with van der Waals surface area (Å²) in [4.78, 5) is 5.27. The fourth-order valence-corrected chi connectivity index (χ4v) is 3.29. The first-order valence-electron chi connectivity index (χ1n) is 5.92. The summed E-state index contributed by atoms with van der Waals surface area (Å²) in [6, 6.07) is 0.702. The van der Waals surface area contributed by atoms with Crippen molar-refractivity contribution < 1.29 is 0 Å². The second-order valence-electron chi connectivity index (χ2n) is 5.85. The number of rotatable bonds is 2. The third-order valence-corrected chi connectivity index (χ3v) is 4.71. The van der Waals surface area contributed by atoms with Gasteiger partial charge in [-0.2, -0.15) is 0 Å². The van der Waals surface area contributed by atoms with Crippen molar-refractivity contribution in [3.8, 4) is 0 Å². The molecule has 0 aliphatic carbocycles. The van der Waals surface area contributed by atoms with Crippen LogP contribution in [0, 0.1) is 5.41 Å². The number of hydrogen-bond acceptors (Lipinski definition) is 2. The molecule has 2 atom stereocenters. The van der Waals surface area contributed by atoms with Gasteiger partial charge in [0.05, 0.1) is 0 Å². The van der Waals surface area contributed by atoms with Crippen molar-refractivity contribution >= 4 is 0 Å². The molecule has 2 rings (SSSR count). The van der Waals surface area contributed by atoms with Crippen molar-refractivity contribution in [1.82, 2.24) is 9.80 Å². The number of likely N-dealkylation sites (tertiary alicyclic amines) is 2. The number of hydrogen-bond donors (Lipinski definition) is 0. The first-order chi connectivity index (χ1) is 6.43. The van der Waals surface area contributed by atoms with Gasteiger partial charge in [-0.25, -0.2) is 0 Å². The van der Waals surface area contributed by atoms with Gasteiger partial charge < -0.3 is 0 Å². The minimum absolute atomic E-state index is 0.450. The molecule has 0 saturated carbocycles. The van der Waals surface area contributed by atoms with Crippen LogP contribution in [-0.4, -0.2) is 47.6 Å². The topological polar surface area (TPSA) is 6.48 Å². The Kier molecular flexibility index (Phi) is 2.20. The van der Waals surface area contributed by atoms with Gasteiger partial charge in [-0.3, -0.25) is 9.80 Å². The molecular formula is C12H24N2. The van der Waals surface area contributed by atoms with Crippen LogP contribution in [0.15, 0.2) is 0 Å². The van der Waals surface area contributed by atoms with Gasteiger partial charge >= 0.3 is 0 Å². The lowest BCUT2D eigenvalue weighted by Crippen LogP contribution is -2.71. The Labute approximate surface area is 88.3 Å². The van der Waals surface area contributed by atoms with Crippen LogP contribution < -0.4 is 0 Å². The Hall–Kier alpha value is -0.0800. The van der Waals surface area contributed by atoms with Gasteiger partial charge in [-0.15, -0.1) is 0 Å². The molecule has 2 saturated heterocycles. The highest BCUT2D eigenvalue weighted by Gasteiger charge is 2.62. The Morgan fingerprint density at radius 1 is 1.14 bits per heavy atom. The Morgan fingerprint density at radius 2 is 1.79 bits per heavy atom. The zero-order valence-corrected chi connectivity index (χ0v) is 10.3. The van der Waals surface area contributed by atoms with E-state index in [0.717, 1.165) is 0 Å². The van der Waals surface area contributed by atoms with Gasteiger partial charge in [0.2, 0.25) is 0 Å². The summed E-state index contributed by atoms with van der Waals surface area (Å²) in [5.74, 6) is 0. The average molecular weight is 196 g/mol. The summed E-state index contributed by atoms with van der Waals surface area (Å²) >= 11 is 0. The van der Waals surface area contributed by atoms with Crippen LogP contribution in [0.2, 0.25) is 0 Å². The molecule has 82 valence electrons. The van der Waals surface area contributed by atoms with Crippen molar-refractivity contribution in [1.29, 1.82) is 0 Å². The predicted octanol–water partition coefficient (Wildman–Crippen LogP) is 1.81. The van der Waals surface area contributed by atoms with Crippen molar-refractivity contribution in [2.24, 2.45) is 5.41 Å². The fourth-order valence-electron chi connectivity index (χ4n) is 3.29. The van der Waals surface area contributed by atoms with E-state index in [9.17, 15) is 0 Å². The molecule has 0 unspecified atom stereocenters. The van der Waals surface area contributed by atoms with Crippen molar-refractivity contribution in [2.45, 2.75) is 46.2 Å². The van der Waals surface area contributed by atoms with E-state index in [1.165, 1.54) is 26.2 Å². The lowest BCUT2D eigenvalue weighted by molar-refractivity contribution is -0.0983. The molecule has 0 aromatic rings. The molecule has 0 amide bonds. The molecular weight excluding hydrogens is 172 g/mol. The lowest BCUT2D eigenvalue weighted by Gasteiger charge is -2.60. The Balaban J connectivity index is 2.15. The van der Waals surface area contributed by atoms with Crippen molar-refractivity contribution in [3.63, 3.8) is 0 Å². The van der Waals surface area contributed by atoms with Crippen LogP contribution >= 0.6 is 0 Å². The molecule has 2 heterocycles. The molecule has 14 heavy (non-hydrogen) atoms. The van der Waals surface area contributed by atoms with Crippen LogP contribution in [0.5, 0.6) is 0 Å². The third-order valence-electron chi connectivity index (χ3n) is 4.71. The normalized spacial score (nSPS) is 44.1. The molecule has 0 spiro atoms. The smallest absolute Gasteiger partial charge is 0.0386 e. The SMILES string of the molecule is CCN1C[C@]2(C)CN(C(C)C)C[C@]12C. The molecule has 2 aliphatic heterocycles. The highest BCUT2D eigenvalue weighted by molar-refractivity contribution is 5.18. The van der Waals surface area contributed by atoms with Crippen molar-refractivity contribution in [2.75, 3.05) is 26.2 Å². The molecule has 0 N–H and O–H groups in total. The summed E-state index contributed by atoms with van der Waals surface area (Å²) < 4.78 is 0. The van der Waals surface area contributed by atoms with E-state index in [1.807, 2.05) is 0 Å². The molecule has 0 aromatic heterocycles. The van der Waals surface area contributed by atoms with Gasteiger partial charge in [0.15, 0.2) is 0 Å². The highest BCUT2D eigenvalue weighted by atomic mass is 15.4. The van der Waals surface area contributed by atoms with Gasteiger partial charge in [0, 0.05) is 36.6 Å². The van der Waals surface area contributed by atoms with Crippen LogP contribution in [-0.2, 0) is 0 Å². The number of fused-ring (bicyclic) bond motifs is 1. The van der Waals surface area contributed by atoms with E-state index >= 15 is 0 Å². The predicted molar refractivity (Wildman–Crippen MR) is 60.5 cm³/mol. The van der Waals surface area contributed by atoms with E-state index in [-0.39, 0.29) is 0 Å². The van der Waals surface area contributed by atoms with Crippen LogP contribution in [0.1, 0.15) is 34.6 Å². The maximum Gasteiger partial charge on any atom is 0.0386 e. The van der Waals surface area contributed by atoms with E-state index in [0.29, 0.717) is 17.0 Å². The average Bonchev–Trinajstić information content (AvgIpc) is 2.30. The number of nitrogens with zero attached hydrogens (tertiary/aromatic N) is 2. The Bertz CT molecular complexity index is 238. The summed E-state index contributed by atoms with van der Waals surface area (Å²) in [5, 5.41) is 0. The van der Waals surface area contributed by atoms with Gasteiger partial charge in [0.25, 0.3) is 0 Å². The molecule has 2 fully saturated rings. The molecule has 2 heteroatoms. The molecule has 2 aliphatic rings. The zero-order valence-electron chi connectivity index (χ0n) is 10.3. The van der Waals surface area contributed by atoms with E-state index in [2.05, 4.69) is 44.4 Å². The first kappa shape index (κ1) is 10.4. The lowest BCUT2D eigenvalue weighted by atomic mass is 9.65. The van der Waals surface area contributed by atoms with Crippen molar-refractivity contribution in [3.05, 3.63) is 0 Å². The Morgan fingerprint density at radius 3 is 2.29 bits per heavy atom. The van der Waals surface area contributed by atoms with Gasteiger partial charge in [-0.05, 0) is 27.3 Å². The standard InChI is InChI=1S/C12H24N2/c1-6-14-8-11(4)7-13(10(2)3)9-12(11,14)5/h10H,6-9H2,1-5H3/t11-,12-/m0/s1.